The minimum Gasteiger partial charge on any atom is -0.337 e. The Hall–Kier alpha value is -1.55. The van der Waals surface area contributed by atoms with Gasteiger partial charge in [-0.25, -0.2) is 4.79 Å². The van der Waals surface area contributed by atoms with Gasteiger partial charge in [-0.15, -0.1) is 0 Å². The molecule has 4 heteroatoms. The summed E-state index contributed by atoms with van der Waals surface area (Å²) in [5.74, 6) is 0. The summed E-state index contributed by atoms with van der Waals surface area (Å²) in [4.78, 5) is 16.6. The molecule has 21 heavy (non-hydrogen) atoms. The molecule has 116 valence electrons. The second-order valence-electron chi connectivity index (χ2n) is 7.20. The van der Waals surface area contributed by atoms with Gasteiger partial charge in [-0.05, 0) is 37.6 Å². The van der Waals surface area contributed by atoms with Crippen LogP contribution in [0.2, 0.25) is 0 Å². The number of rotatable bonds is 2. The van der Waals surface area contributed by atoms with Crippen molar-refractivity contribution in [3.63, 3.8) is 0 Å². The number of para-hydroxylation sites is 1. The van der Waals surface area contributed by atoms with E-state index in [1.54, 1.807) is 0 Å². The lowest BCUT2D eigenvalue weighted by Crippen LogP contribution is -2.46. The van der Waals surface area contributed by atoms with Crippen molar-refractivity contribution in [1.29, 1.82) is 0 Å². The number of anilines is 1. The number of nitrogens with one attached hydrogen (secondary N) is 1. The Morgan fingerprint density at radius 2 is 2.00 bits per heavy atom. The molecule has 0 aliphatic carbocycles. The summed E-state index contributed by atoms with van der Waals surface area (Å²) in [5.41, 5.74) is 2.37. The average Bonchev–Trinajstić information content (AvgIpc) is 2.42. The van der Waals surface area contributed by atoms with E-state index in [1.807, 2.05) is 23.1 Å². The van der Waals surface area contributed by atoms with Crippen LogP contribution in [0.25, 0.3) is 0 Å². The molecule has 1 atom stereocenters. The van der Waals surface area contributed by atoms with Gasteiger partial charge in [-0.1, -0.05) is 39.0 Å². The molecule has 0 radical (unpaired) electrons. The summed E-state index contributed by atoms with van der Waals surface area (Å²) in [6.45, 7) is 7.82. The molecular formula is C17H27N3O. The monoisotopic (exact) mass is 289 g/mol. The fourth-order valence-corrected chi connectivity index (χ4v) is 2.73. The summed E-state index contributed by atoms with van der Waals surface area (Å²) in [6, 6.07) is 8.61. The van der Waals surface area contributed by atoms with Crippen molar-refractivity contribution in [2.45, 2.75) is 33.2 Å². The number of carbonyl (C=O) groups excluding carboxylic acids is 1. The third-order valence-corrected chi connectivity index (χ3v) is 3.85. The maximum Gasteiger partial charge on any atom is 0.321 e. The molecule has 1 N–H and O–H groups in total. The lowest BCUT2D eigenvalue weighted by atomic mass is 9.95. The topological polar surface area (TPSA) is 35.6 Å². The molecule has 0 spiro atoms. The summed E-state index contributed by atoms with van der Waals surface area (Å²) in [6.07, 6.45) is 0.965. The van der Waals surface area contributed by atoms with Crippen molar-refractivity contribution < 1.29 is 4.79 Å². The van der Waals surface area contributed by atoms with Gasteiger partial charge >= 0.3 is 6.03 Å². The van der Waals surface area contributed by atoms with Gasteiger partial charge in [0, 0.05) is 19.1 Å². The number of hydrogen-bond acceptors (Lipinski definition) is 2. The molecule has 0 saturated heterocycles. The van der Waals surface area contributed by atoms with Crippen LogP contribution in [0.1, 0.15) is 38.8 Å². The first-order chi connectivity index (χ1) is 9.79. The fourth-order valence-electron chi connectivity index (χ4n) is 2.73. The van der Waals surface area contributed by atoms with Gasteiger partial charge in [0.2, 0.25) is 0 Å². The van der Waals surface area contributed by atoms with Crippen LogP contribution in [-0.2, 0) is 0 Å². The van der Waals surface area contributed by atoms with Crippen LogP contribution in [0.15, 0.2) is 24.3 Å². The highest BCUT2D eigenvalue weighted by Crippen LogP contribution is 2.36. The number of urea groups is 1. The normalized spacial score (nSPS) is 18.6. The van der Waals surface area contributed by atoms with E-state index in [2.05, 4.69) is 51.1 Å². The smallest absolute Gasteiger partial charge is 0.321 e. The SMILES string of the molecule is CN(C)C1CCN(C(=O)NCC(C)(C)C)c2ccccc21. The van der Waals surface area contributed by atoms with Crippen LogP contribution in [-0.4, -0.2) is 38.1 Å². The highest BCUT2D eigenvalue weighted by atomic mass is 16.2. The van der Waals surface area contributed by atoms with E-state index >= 15 is 0 Å². The van der Waals surface area contributed by atoms with Crippen LogP contribution in [0.5, 0.6) is 0 Å². The molecule has 1 aliphatic heterocycles. The van der Waals surface area contributed by atoms with Gasteiger partial charge in [0.25, 0.3) is 0 Å². The first kappa shape index (κ1) is 15.8. The van der Waals surface area contributed by atoms with Crippen LogP contribution in [0, 0.1) is 5.41 Å². The molecule has 0 aromatic heterocycles. The van der Waals surface area contributed by atoms with Crippen molar-refractivity contribution in [3.8, 4) is 0 Å². The molecular weight excluding hydrogens is 262 g/mol. The quantitative estimate of drug-likeness (QED) is 0.907. The van der Waals surface area contributed by atoms with Gasteiger partial charge in [0.05, 0.1) is 5.69 Å². The lowest BCUT2D eigenvalue weighted by Gasteiger charge is -2.37. The number of nitrogens with zero attached hydrogens (tertiary/aromatic N) is 2. The van der Waals surface area contributed by atoms with E-state index in [0.717, 1.165) is 18.7 Å². The van der Waals surface area contributed by atoms with Crippen LogP contribution in [0.4, 0.5) is 10.5 Å². The first-order valence-corrected chi connectivity index (χ1v) is 7.60. The number of carbonyl (C=O) groups is 1. The highest BCUT2D eigenvalue weighted by Gasteiger charge is 2.29. The zero-order valence-corrected chi connectivity index (χ0v) is 13.8. The van der Waals surface area contributed by atoms with Gasteiger partial charge in [-0.3, -0.25) is 4.90 Å². The zero-order valence-electron chi connectivity index (χ0n) is 13.8. The third-order valence-electron chi connectivity index (χ3n) is 3.85. The fraction of sp³-hybridized carbons (Fsp3) is 0.588. The maximum absolute atomic E-state index is 12.5. The third kappa shape index (κ3) is 3.76. The molecule has 0 bridgehead atoms. The molecule has 1 heterocycles. The van der Waals surface area contributed by atoms with E-state index < -0.39 is 0 Å². The summed E-state index contributed by atoms with van der Waals surface area (Å²) in [7, 11) is 4.19. The van der Waals surface area contributed by atoms with Crippen molar-refractivity contribution in [2.75, 3.05) is 32.1 Å². The Morgan fingerprint density at radius 3 is 2.62 bits per heavy atom. The van der Waals surface area contributed by atoms with Gasteiger partial charge in [0.15, 0.2) is 0 Å². The number of benzene rings is 1. The Kier molecular flexibility index (Phi) is 4.57. The largest absolute Gasteiger partial charge is 0.337 e. The van der Waals surface area contributed by atoms with Crippen molar-refractivity contribution in [2.24, 2.45) is 5.41 Å². The maximum atomic E-state index is 12.5. The first-order valence-electron chi connectivity index (χ1n) is 7.60. The zero-order chi connectivity index (χ0) is 15.6. The van der Waals surface area contributed by atoms with E-state index in [4.69, 9.17) is 0 Å². The number of fused-ring (bicyclic) bond motifs is 1. The predicted molar refractivity (Wildman–Crippen MR) is 87.7 cm³/mol. The number of amides is 2. The number of hydrogen-bond donors (Lipinski definition) is 1. The Balaban J connectivity index is 2.19. The standard InChI is InChI=1S/C17H27N3O/c1-17(2,3)12-18-16(21)20-11-10-14(19(4)5)13-8-6-7-9-15(13)20/h6-9,14H,10-12H2,1-5H3,(H,18,21). The van der Waals surface area contributed by atoms with Gasteiger partial charge in [0.1, 0.15) is 0 Å². The Bertz CT molecular complexity index is 505. The summed E-state index contributed by atoms with van der Waals surface area (Å²) in [5, 5.41) is 3.05. The highest BCUT2D eigenvalue weighted by molar-refractivity contribution is 5.93. The predicted octanol–water partition coefficient (Wildman–Crippen LogP) is 3.26. The molecule has 4 nitrogen and oxygen atoms in total. The molecule has 2 amide bonds. The van der Waals surface area contributed by atoms with Crippen LogP contribution < -0.4 is 10.2 Å². The summed E-state index contributed by atoms with van der Waals surface area (Å²) >= 11 is 0. The van der Waals surface area contributed by atoms with E-state index in [-0.39, 0.29) is 11.4 Å². The van der Waals surface area contributed by atoms with E-state index in [9.17, 15) is 4.79 Å². The second kappa shape index (κ2) is 6.06. The Morgan fingerprint density at radius 1 is 1.33 bits per heavy atom. The van der Waals surface area contributed by atoms with Gasteiger partial charge in [-0.2, -0.15) is 0 Å². The van der Waals surface area contributed by atoms with Crippen LogP contribution in [0.3, 0.4) is 0 Å². The molecule has 1 unspecified atom stereocenters. The van der Waals surface area contributed by atoms with Crippen molar-refractivity contribution in [3.05, 3.63) is 29.8 Å². The lowest BCUT2D eigenvalue weighted by molar-refractivity contribution is 0.235. The molecule has 1 aliphatic rings. The van der Waals surface area contributed by atoms with E-state index in [1.165, 1.54) is 5.56 Å². The molecule has 1 aromatic rings. The minimum atomic E-state index is 0.00887. The van der Waals surface area contributed by atoms with Gasteiger partial charge < -0.3 is 10.2 Å². The Labute approximate surface area is 128 Å². The second-order valence-corrected chi connectivity index (χ2v) is 7.20. The molecule has 0 saturated carbocycles. The molecule has 1 aromatic carbocycles. The molecule has 2 rings (SSSR count). The molecule has 0 fully saturated rings. The average molecular weight is 289 g/mol. The van der Waals surface area contributed by atoms with E-state index in [0.29, 0.717) is 12.6 Å². The van der Waals surface area contributed by atoms with Crippen molar-refractivity contribution in [1.82, 2.24) is 10.2 Å². The minimum absolute atomic E-state index is 0.00887. The summed E-state index contributed by atoms with van der Waals surface area (Å²) < 4.78 is 0. The van der Waals surface area contributed by atoms with Crippen LogP contribution >= 0.6 is 0 Å². The van der Waals surface area contributed by atoms with Crippen molar-refractivity contribution >= 4 is 11.7 Å².